The van der Waals surface area contributed by atoms with E-state index >= 15 is 0 Å². The Morgan fingerprint density at radius 2 is 1.93 bits per heavy atom. The number of nitrogens with zero attached hydrogens (tertiary/aromatic N) is 1. The number of aromatic nitrogens is 1. The molecule has 1 aliphatic rings. The van der Waals surface area contributed by atoms with Crippen LogP contribution < -0.4 is 20.1 Å². The summed E-state index contributed by atoms with van der Waals surface area (Å²) in [6.07, 6.45) is 3.37. The summed E-state index contributed by atoms with van der Waals surface area (Å²) in [4.78, 5) is 29.2. The summed E-state index contributed by atoms with van der Waals surface area (Å²) in [5, 5.41) is 5.66. The van der Waals surface area contributed by atoms with Crippen LogP contribution in [0.1, 0.15) is 29.8 Å². The topological polar surface area (TPSA) is 89.5 Å². The third-order valence-corrected chi connectivity index (χ3v) is 4.23. The number of hydrogen-bond donors (Lipinski definition) is 2. The Hall–Kier alpha value is -3.09. The van der Waals surface area contributed by atoms with Gasteiger partial charge in [0.25, 0.3) is 5.91 Å². The van der Waals surface area contributed by atoms with Crippen LogP contribution >= 0.6 is 0 Å². The molecule has 0 unspecified atom stereocenters. The van der Waals surface area contributed by atoms with Gasteiger partial charge in [0.05, 0.1) is 0 Å². The van der Waals surface area contributed by atoms with E-state index in [1.165, 1.54) is 0 Å². The number of nitrogens with one attached hydrogen (secondary N) is 2. The summed E-state index contributed by atoms with van der Waals surface area (Å²) >= 11 is 0. The molecular weight excluding hydrogens is 346 g/mol. The molecule has 3 rings (SSSR count). The van der Waals surface area contributed by atoms with Gasteiger partial charge in [0, 0.05) is 24.5 Å². The second kappa shape index (κ2) is 8.53. The predicted molar refractivity (Wildman–Crippen MR) is 99.6 cm³/mol. The van der Waals surface area contributed by atoms with Gasteiger partial charge < -0.3 is 20.1 Å². The molecule has 1 aliphatic heterocycles. The lowest BCUT2D eigenvalue weighted by Gasteiger charge is -2.22. The Morgan fingerprint density at radius 3 is 2.63 bits per heavy atom. The second-order valence-electron chi connectivity index (χ2n) is 6.63. The first kappa shape index (κ1) is 18.7. The number of pyridine rings is 1. The van der Waals surface area contributed by atoms with Gasteiger partial charge in [-0.05, 0) is 35.7 Å². The Labute approximate surface area is 158 Å². The van der Waals surface area contributed by atoms with Crippen molar-refractivity contribution in [1.82, 2.24) is 15.6 Å². The number of ether oxygens (including phenoxy) is 2. The van der Waals surface area contributed by atoms with E-state index in [0.717, 1.165) is 5.56 Å². The number of amides is 2. The van der Waals surface area contributed by atoms with Crippen molar-refractivity contribution in [1.29, 1.82) is 0 Å². The van der Waals surface area contributed by atoms with Crippen molar-refractivity contribution < 1.29 is 19.1 Å². The summed E-state index contributed by atoms with van der Waals surface area (Å²) in [5.41, 5.74) is 1.32. The molecule has 1 atom stereocenters. The first-order chi connectivity index (χ1) is 13.0. The predicted octanol–water partition coefficient (Wildman–Crippen LogP) is 1.92. The minimum Gasteiger partial charge on any atom is -0.486 e. The fraction of sp³-hybridized carbons (Fsp3) is 0.350. The van der Waals surface area contributed by atoms with Gasteiger partial charge in [0.1, 0.15) is 19.3 Å². The molecule has 0 radical (unpaired) electrons. The number of rotatable bonds is 6. The average molecular weight is 369 g/mol. The van der Waals surface area contributed by atoms with Gasteiger partial charge >= 0.3 is 0 Å². The normalized spacial score (nSPS) is 13.7. The molecule has 2 amide bonds. The lowest BCUT2D eigenvalue weighted by atomic mass is 10.0. The molecule has 142 valence electrons. The molecule has 0 spiro atoms. The molecule has 1 aromatic carbocycles. The maximum atomic E-state index is 12.6. The van der Waals surface area contributed by atoms with Crippen LogP contribution in [0.2, 0.25) is 0 Å². The molecule has 0 fully saturated rings. The Balaban J connectivity index is 1.64. The van der Waals surface area contributed by atoms with E-state index in [0.29, 0.717) is 36.8 Å². The standard InChI is InChI=1S/C20H23N3O4/c1-13(2)18(20(25)22-12-14-4-3-7-21-11-14)23-19(24)15-5-6-16-17(10-15)27-9-8-26-16/h3-7,10-11,13,18H,8-9,12H2,1-2H3,(H,22,25)(H,23,24)/t18-/m0/s1. The summed E-state index contributed by atoms with van der Waals surface area (Å²) in [5.74, 6) is 0.519. The van der Waals surface area contributed by atoms with E-state index < -0.39 is 6.04 Å². The van der Waals surface area contributed by atoms with Crippen molar-refractivity contribution in [2.45, 2.75) is 26.4 Å². The fourth-order valence-electron chi connectivity index (χ4n) is 2.75. The fourth-order valence-corrected chi connectivity index (χ4v) is 2.75. The largest absolute Gasteiger partial charge is 0.486 e. The zero-order valence-electron chi connectivity index (χ0n) is 15.4. The van der Waals surface area contributed by atoms with Crippen molar-refractivity contribution in [2.24, 2.45) is 5.92 Å². The minimum atomic E-state index is -0.651. The Morgan fingerprint density at radius 1 is 1.15 bits per heavy atom. The van der Waals surface area contributed by atoms with Crippen LogP contribution in [0, 0.1) is 5.92 Å². The van der Waals surface area contributed by atoms with E-state index in [-0.39, 0.29) is 17.7 Å². The van der Waals surface area contributed by atoms with Gasteiger partial charge in [0.2, 0.25) is 5.91 Å². The maximum Gasteiger partial charge on any atom is 0.252 e. The van der Waals surface area contributed by atoms with Crippen molar-refractivity contribution >= 4 is 11.8 Å². The van der Waals surface area contributed by atoms with Crippen molar-refractivity contribution in [3.05, 3.63) is 53.9 Å². The summed E-state index contributed by atoms with van der Waals surface area (Å²) in [7, 11) is 0. The summed E-state index contributed by atoms with van der Waals surface area (Å²) in [6, 6.07) is 8.04. The third kappa shape index (κ3) is 4.75. The van der Waals surface area contributed by atoms with Crippen LogP contribution in [-0.2, 0) is 11.3 Å². The molecule has 7 heteroatoms. The minimum absolute atomic E-state index is 0.0694. The van der Waals surface area contributed by atoms with E-state index in [4.69, 9.17) is 9.47 Å². The zero-order valence-corrected chi connectivity index (χ0v) is 15.4. The van der Waals surface area contributed by atoms with Gasteiger partial charge in [-0.1, -0.05) is 19.9 Å². The van der Waals surface area contributed by atoms with Crippen LogP contribution in [0.4, 0.5) is 0 Å². The molecule has 0 bridgehead atoms. The zero-order chi connectivity index (χ0) is 19.2. The number of fused-ring (bicyclic) bond motifs is 1. The highest BCUT2D eigenvalue weighted by molar-refractivity contribution is 5.98. The van der Waals surface area contributed by atoms with E-state index in [1.54, 1.807) is 30.6 Å². The maximum absolute atomic E-state index is 12.6. The van der Waals surface area contributed by atoms with Crippen LogP contribution in [0.15, 0.2) is 42.7 Å². The van der Waals surface area contributed by atoms with Gasteiger partial charge in [-0.25, -0.2) is 0 Å². The van der Waals surface area contributed by atoms with Crippen LogP contribution in [0.25, 0.3) is 0 Å². The molecule has 2 N–H and O–H groups in total. The molecule has 27 heavy (non-hydrogen) atoms. The molecule has 2 aromatic rings. The number of carbonyl (C=O) groups is 2. The highest BCUT2D eigenvalue weighted by Crippen LogP contribution is 2.30. The first-order valence-electron chi connectivity index (χ1n) is 8.91. The van der Waals surface area contributed by atoms with Gasteiger partial charge in [-0.15, -0.1) is 0 Å². The van der Waals surface area contributed by atoms with E-state index in [1.807, 2.05) is 26.0 Å². The molecule has 0 saturated heterocycles. The van der Waals surface area contributed by atoms with Crippen molar-refractivity contribution in [2.75, 3.05) is 13.2 Å². The Bertz CT molecular complexity index is 808. The third-order valence-electron chi connectivity index (χ3n) is 4.23. The molecular formula is C20H23N3O4. The average Bonchev–Trinajstić information content (AvgIpc) is 2.70. The molecule has 0 saturated carbocycles. The van der Waals surface area contributed by atoms with Crippen LogP contribution in [-0.4, -0.2) is 36.1 Å². The van der Waals surface area contributed by atoms with Gasteiger partial charge in [-0.2, -0.15) is 0 Å². The van der Waals surface area contributed by atoms with E-state index in [9.17, 15) is 9.59 Å². The Kier molecular flexibility index (Phi) is 5.90. The second-order valence-corrected chi connectivity index (χ2v) is 6.63. The quantitative estimate of drug-likeness (QED) is 0.812. The smallest absolute Gasteiger partial charge is 0.252 e. The van der Waals surface area contributed by atoms with Crippen LogP contribution in [0.3, 0.4) is 0 Å². The lowest BCUT2D eigenvalue weighted by molar-refractivity contribution is -0.124. The molecule has 1 aromatic heterocycles. The number of carbonyl (C=O) groups excluding carboxylic acids is 2. The number of hydrogen-bond acceptors (Lipinski definition) is 5. The monoisotopic (exact) mass is 369 g/mol. The molecule has 2 heterocycles. The van der Waals surface area contributed by atoms with Gasteiger partial charge in [0.15, 0.2) is 11.5 Å². The first-order valence-corrected chi connectivity index (χ1v) is 8.91. The van der Waals surface area contributed by atoms with E-state index in [2.05, 4.69) is 15.6 Å². The highest BCUT2D eigenvalue weighted by Gasteiger charge is 2.25. The van der Waals surface area contributed by atoms with Crippen molar-refractivity contribution in [3.63, 3.8) is 0 Å². The van der Waals surface area contributed by atoms with Crippen LogP contribution in [0.5, 0.6) is 11.5 Å². The highest BCUT2D eigenvalue weighted by atomic mass is 16.6. The van der Waals surface area contributed by atoms with Gasteiger partial charge in [-0.3, -0.25) is 14.6 Å². The number of benzene rings is 1. The molecule has 0 aliphatic carbocycles. The summed E-state index contributed by atoms with van der Waals surface area (Å²) in [6.45, 7) is 5.07. The SMILES string of the molecule is CC(C)[C@H](NC(=O)c1ccc2c(c1)OCCO2)C(=O)NCc1cccnc1. The van der Waals surface area contributed by atoms with Crippen molar-refractivity contribution in [3.8, 4) is 11.5 Å². The molecule has 7 nitrogen and oxygen atoms in total. The lowest BCUT2D eigenvalue weighted by Crippen LogP contribution is -2.49. The summed E-state index contributed by atoms with van der Waals surface area (Å²) < 4.78 is 11.0.